The summed E-state index contributed by atoms with van der Waals surface area (Å²) in [6, 6.07) is 9.40. The molecule has 0 spiro atoms. The minimum absolute atomic E-state index is 0.0705. The first kappa shape index (κ1) is 13.1. The van der Waals surface area contributed by atoms with Gasteiger partial charge in [-0.25, -0.2) is 0 Å². The van der Waals surface area contributed by atoms with Crippen molar-refractivity contribution in [2.45, 2.75) is 18.8 Å². The summed E-state index contributed by atoms with van der Waals surface area (Å²) in [6.07, 6.45) is 2.83. The van der Waals surface area contributed by atoms with E-state index in [1.807, 2.05) is 24.3 Å². The molecule has 1 aromatic heterocycles. The second-order valence-corrected chi connectivity index (χ2v) is 5.29. The van der Waals surface area contributed by atoms with E-state index in [2.05, 4.69) is 4.98 Å². The maximum Gasteiger partial charge on any atom is 0.169 e. The number of carbonyl (C=O) groups is 1. The molecule has 0 amide bonds. The van der Waals surface area contributed by atoms with Crippen LogP contribution in [0.4, 0.5) is 0 Å². The Morgan fingerprint density at radius 2 is 2.05 bits per heavy atom. The van der Waals surface area contributed by atoms with Gasteiger partial charge >= 0.3 is 0 Å². The molecule has 4 heteroatoms. The molecule has 0 fully saturated rings. The largest absolute Gasteiger partial charge is 0.496 e. The van der Waals surface area contributed by atoms with E-state index in [9.17, 15) is 4.79 Å². The van der Waals surface area contributed by atoms with Crippen LogP contribution in [0.25, 0.3) is 0 Å². The highest BCUT2D eigenvalue weighted by Crippen LogP contribution is 2.37. The number of ketones is 1. The highest BCUT2D eigenvalue weighted by Gasteiger charge is 2.30. The summed E-state index contributed by atoms with van der Waals surface area (Å²) in [7, 11) is 1.57. The van der Waals surface area contributed by atoms with Crippen molar-refractivity contribution in [3.8, 4) is 5.75 Å². The number of benzene rings is 1. The summed E-state index contributed by atoms with van der Waals surface area (Å²) < 4.78 is 5.26. The number of hydrogen-bond donors (Lipinski definition) is 0. The lowest BCUT2D eigenvalue weighted by Crippen LogP contribution is -2.21. The zero-order valence-electron chi connectivity index (χ0n) is 11.1. The van der Waals surface area contributed by atoms with E-state index in [1.165, 1.54) is 0 Å². The van der Waals surface area contributed by atoms with Crippen LogP contribution < -0.4 is 4.74 Å². The predicted octanol–water partition coefficient (Wildman–Crippen LogP) is 3.66. The van der Waals surface area contributed by atoms with Crippen LogP contribution in [0.3, 0.4) is 0 Å². The summed E-state index contributed by atoms with van der Waals surface area (Å²) in [4.78, 5) is 16.7. The van der Waals surface area contributed by atoms with Gasteiger partial charge in [0, 0.05) is 17.6 Å². The van der Waals surface area contributed by atoms with Crippen molar-refractivity contribution >= 4 is 17.4 Å². The second-order valence-electron chi connectivity index (χ2n) is 4.88. The lowest BCUT2D eigenvalue weighted by molar-refractivity contribution is 0.0959. The Bertz CT molecular complexity index is 669. The number of nitrogens with zero attached hydrogens (tertiary/aromatic N) is 1. The summed E-state index contributed by atoms with van der Waals surface area (Å²) in [6.45, 7) is 0. The summed E-state index contributed by atoms with van der Waals surface area (Å²) in [5, 5.41) is 0.705. The van der Waals surface area contributed by atoms with Gasteiger partial charge in [-0.1, -0.05) is 29.8 Å². The van der Waals surface area contributed by atoms with Crippen molar-refractivity contribution in [3.05, 3.63) is 58.4 Å². The fraction of sp³-hybridized carbons (Fsp3) is 0.250. The monoisotopic (exact) mass is 287 g/mol. The smallest absolute Gasteiger partial charge is 0.169 e. The van der Waals surface area contributed by atoms with Crippen molar-refractivity contribution in [1.29, 1.82) is 0 Å². The van der Waals surface area contributed by atoms with E-state index in [0.29, 0.717) is 29.2 Å². The molecule has 0 radical (unpaired) electrons. The fourth-order valence-corrected chi connectivity index (χ4v) is 3.06. The SMILES string of the molecule is COc1ccnc2c1C(=O)C[C@@H](c1ccccc1Cl)C2. The lowest BCUT2D eigenvalue weighted by atomic mass is 9.81. The van der Waals surface area contributed by atoms with Gasteiger partial charge in [0.25, 0.3) is 0 Å². The lowest BCUT2D eigenvalue weighted by Gasteiger charge is -2.24. The molecule has 3 rings (SSSR count). The van der Waals surface area contributed by atoms with Crippen LogP contribution in [0.1, 0.15) is 34.0 Å². The predicted molar refractivity (Wildman–Crippen MR) is 77.6 cm³/mol. The molecule has 3 nitrogen and oxygen atoms in total. The number of ether oxygens (including phenoxy) is 1. The Morgan fingerprint density at radius 1 is 1.25 bits per heavy atom. The van der Waals surface area contributed by atoms with Crippen molar-refractivity contribution in [2.75, 3.05) is 7.11 Å². The zero-order valence-corrected chi connectivity index (χ0v) is 11.9. The van der Waals surface area contributed by atoms with Gasteiger partial charge in [-0.05, 0) is 30.0 Å². The van der Waals surface area contributed by atoms with E-state index in [1.54, 1.807) is 19.4 Å². The number of halogens is 1. The van der Waals surface area contributed by atoms with Crippen LogP contribution in [0.5, 0.6) is 5.75 Å². The van der Waals surface area contributed by atoms with E-state index >= 15 is 0 Å². The first-order valence-electron chi connectivity index (χ1n) is 6.50. The number of aromatic nitrogens is 1. The Balaban J connectivity index is 2.02. The van der Waals surface area contributed by atoms with E-state index in [-0.39, 0.29) is 11.7 Å². The Morgan fingerprint density at radius 3 is 2.80 bits per heavy atom. The number of rotatable bonds is 2. The minimum atomic E-state index is 0.0705. The highest BCUT2D eigenvalue weighted by molar-refractivity contribution is 6.31. The van der Waals surface area contributed by atoms with E-state index in [0.717, 1.165) is 11.3 Å². The number of carbonyl (C=O) groups excluding carboxylic acids is 1. The number of Topliss-reactive ketones (excluding diaryl/α,β-unsaturated/α-hetero) is 1. The molecule has 0 unspecified atom stereocenters. The van der Waals surface area contributed by atoms with Gasteiger partial charge < -0.3 is 4.74 Å². The van der Waals surface area contributed by atoms with Crippen LogP contribution in [-0.4, -0.2) is 17.9 Å². The zero-order chi connectivity index (χ0) is 14.1. The van der Waals surface area contributed by atoms with Crippen molar-refractivity contribution < 1.29 is 9.53 Å². The van der Waals surface area contributed by atoms with E-state index in [4.69, 9.17) is 16.3 Å². The number of pyridine rings is 1. The van der Waals surface area contributed by atoms with Gasteiger partial charge in [0.15, 0.2) is 5.78 Å². The molecule has 1 aliphatic rings. The standard InChI is InChI=1S/C16H14ClNO2/c1-20-15-6-7-18-13-8-10(9-14(19)16(13)15)11-4-2-3-5-12(11)17/h2-7,10H,8-9H2,1H3/t10-/m0/s1. The Labute approximate surface area is 122 Å². The Hall–Kier alpha value is -1.87. The average molecular weight is 288 g/mol. The molecule has 0 saturated carbocycles. The molecular formula is C16H14ClNO2. The molecule has 0 bridgehead atoms. The molecule has 20 heavy (non-hydrogen) atoms. The fourth-order valence-electron chi connectivity index (χ4n) is 2.77. The quantitative estimate of drug-likeness (QED) is 0.846. The van der Waals surface area contributed by atoms with Gasteiger partial charge in [0.2, 0.25) is 0 Å². The van der Waals surface area contributed by atoms with E-state index < -0.39 is 0 Å². The van der Waals surface area contributed by atoms with Gasteiger partial charge in [-0.3, -0.25) is 9.78 Å². The molecule has 1 aromatic carbocycles. The summed E-state index contributed by atoms with van der Waals surface area (Å²) >= 11 is 6.23. The summed E-state index contributed by atoms with van der Waals surface area (Å²) in [5.74, 6) is 0.766. The maximum atomic E-state index is 12.4. The minimum Gasteiger partial charge on any atom is -0.496 e. The van der Waals surface area contributed by atoms with Gasteiger partial charge in [-0.15, -0.1) is 0 Å². The molecule has 0 saturated heterocycles. The molecular weight excluding hydrogens is 274 g/mol. The van der Waals surface area contributed by atoms with Crippen LogP contribution in [-0.2, 0) is 6.42 Å². The van der Waals surface area contributed by atoms with Crippen LogP contribution >= 0.6 is 11.6 Å². The first-order chi connectivity index (χ1) is 9.70. The highest BCUT2D eigenvalue weighted by atomic mass is 35.5. The van der Waals surface area contributed by atoms with Crippen LogP contribution in [0.15, 0.2) is 36.5 Å². The molecule has 102 valence electrons. The topological polar surface area (TPSA) is 39.2 Å². The Kier molecular flexibility index (Phi) is 3.45. The van der Waals surface area contributed by atoms with Crippen molar-refractivity contribution in [3.63, 3.8) is 0 Å². The third-order valence-corrected chi connectivity index (χ3v) is 4.05. The number of hydrogen-bond acceptors (Lipinski definition) is 3. The van der Waals surface area contributed by atoms with Crippen LogP contribution in [0, 0.1) is 0 Å². The van der Waals surface area contributed by atoms with Gasteiger partial charge in [0.1, 0.15) is 5.75 Å². The van der Waals surface area contributed by atoms with Crippen molar-refractivity contribution in [1.82, 2.24) is 4.98 Å². The molecule has 0 aliphatic heterocycles. The molecule has 1 heterocycles. The molecule has 1 atom stereocenters. The molecule has 1 aliphatic carbocycles. The first-order valence-corrected chi connectivity index (χ1v) is 6.88. The normalized spacial score (nSPS) is 17.7. The van der Waals surface area contributed by atoms with Crippen molar-refractivity contribution in [2.24, 2.45) is 0 Å². The second kappa shape index (κ2) is 5.25. The number of fused-ring (bicyclic) bond motifs is 1. The van der Waals surface area contributed by atoms with Gasteiger partial charge in [-0.2, -0.15) is 0 Å². The molecule has 2 aromatic rings. The molecule has 0 N–H and O–H groups in total. The summed E-state index contributed by atoms with van der Waals surface area (Å²) in [5.41, 5.74) is 2.43. The maximum absolute atomic E-state index is 12.4. The third kappa shape index (κ3) is 2.18. The number of methoxy groups -OCH3 is 1. The third-order valence-electron chi connectivity index (χ3n) is 3.71. The van der Waals surface area contributed by atoms with Gasteiger partial charge in [0.05, 0.1) is 18.4 Å². The van der Waals surface area contributed by atoms with Crippen LogP contribution in [0.2, 0.25) is 5.02 Å². The average Bonchev–Trinajstić information content (AvgIpc) is 2.46.